The Morgan fingerprint density at radius 1 is 1.15 bits per heavy atom. The standard InChI is InChI=1S/C21H20Cl2F2N4O4/c22-13-3-4-14(18(25)17(13)23)28-19(30)15(5-6-26-21(32)33)29-20(31)16-8-11-7-12(24)2-1-10(11)9-27-16/h1-4,7,15-16,26-27H,5-6,8-9H2,(H,28,30)(H,29,31)(H,32,33)/t15-,16-/m0/s1. The fourth-order valence-corrected chi connectivity index (χ4v) is 3.69. The molecule has 12 heteroatoms. The lowest BCUT2D eigenvalue weighted by Crippen LogP contribution is -2.53. The Hall–Kier alpha value is -2.95. The molecule has 0 radical (unpaired) electrons. The molecule has 0 aromatic heterocycles. The van der Waals surface area contributed by atoms with E-state index in [0.29, 0.717) is 12.1 Å². The number of hydrogen-bond donors (Lipinski definition) is 5. The number of carbonyl (C=O) groups excluding carboxylic acids is 2. The van der Waals surface area contributed by atoms with Crippen LogP contribution in [0.5, 0.6) is 0 Å². The van der Waals surface area contributed by atoms with Crippen molar-refractivity contribution < 1.29 is 28.3 Å². The number of rotatable bonds is 7. The number of nitrogens with one attached hydrogen (secondary N) is 4. The summed E-state index contributed by atoms with van der Waals surface area (Å²) in [4.78, 5) is 36.4. The number of carbonyl (C=O) groups is 3. The van der Waals surface area contributed by atoms with Gasteiger partial charge < -0.3 is 26.4 Å². The van der Waals surface area contributed by atoms with Crippen LogP contribution in [0.15, 0.2) is 30.3 Å². The van der Waals surface area contributed by atoms with Crippen molar-refractivity contribution in [1.82, 2.24) is 16.0 Å². The van der Waals surface area contributed by atoms with Crippen LogP contribution in [0, 0.1) is 11.6 Å². The first-order chi connectivity index (χ1) is 15.7. The van der Waals surface area contributed by atoms with Crippen molar-refractivity contribution in [2.24, 2.45) is 0 Å². The van der Waals surface area contributed by atoms with Crippen LogP contribution >= 0.6 is 23.2 Å². The minimum Gasteiger partial charge on any atom is -0.465 e. The van der Waals surface area contributed by atoms with Gasteiger partial charge in [0.2, 0.25) is 11.8 Å². The van der Waals surface area contributed by atoms with E-state index in [-0.39, 0.29) is 35.1 Å². The highest BCUT2D eigenvalue weighted by molar-refractivity contribution is 6.42. The quantitative estimate of drug-likeness (QED) is 0.374. The van der Waals surface area contributed by atoms with Crippen molar-refractivity contribution in [3.63, 3.8) is 0 Å². The number of fused-ring (bicyclic) bond motifs is 1. The van der Waals surface area contributed by atoms with Crippen LogP contribution in [0.3, 0.4) is 0 Å². The van der Waals surface area contributed by atoms with Crippen molar-refractivity contribution in [3.8, 4) is 0 Å². The molecular formula is C21H20Cl2F2N4O4. The Balaban J connectivity index is 1.72. The number of halogens is 4. The predicted octanol–water partition coefficient (Wildman–Crippen LogP) is 3.07. The summed E-state index contributed by atoms with van der Waals surface area (Å²) in [6.07, 6.45) is -1.21. The Kier molecular flexibility index (Phi) is 8.06. The molecule has 3 amide bonds. The third-order valence-corrected chi connectivity index (χ3v) is 5.86. The van der Waals surface area contributed by atoms with Gasteiger partial charge in [-0.1, -0.05) is 29.3 Å². The number of anilines is 1. The van der Waals surface area contributed by atoms with Gasteiger partial charge in [0, 0.05) is 13.1 Å². The number of benzene rings is 2. The highest BCUT2D eigenvalue weighted by Crippen LogP contribution is 2.30. The fourth-order valence-electron chi connectivity index (χ4n) is 3.37. The molecule has 0 saturated heterocycles. The zero-order chi connectivity index (χ0) is 24.1. The summed E-state index contributed by atoms with van der Waals surface area (Å²) < 4.78 is 27.9. The average Bonchev–Trinajstić information content (AvgIpc) is 2.77. The maximum atomic E-state index is 14.3. The number of hydrogen-bond acceptors (Lipinski definition) is 4. The topological polar surface area (TPSA) is 120 Å². The van der Waals surface area contributed by atoms with Crippen molar-refractivity contribution >= 4 is 46.8 Å². The van der Waals surface area contributed by atoms with Gasteiger partial charge in [-0.3, -0.25) is 9.59 Å². The zero-order valence-electron chi connectivity index (χ0n) is 17.1. The van der Waals surface area contributed by atoms with E-state index in [9.17, 15) is 23.2 Å². The maximum Gasteiger partial charge on any atom is 0.404 e. The second kappa shape index (κ2) is 10.8. The molecule has 0 unspecified atom stereocenters. The highest BCUT2D eigenvalue weighted by atomic mass is 35.5. The van der Waals surface area contributed by atoms with Crippen molar-refractivity contribution in [2.45, 2.75) is 31.5 Å². The van der Waals surface area contributed by atoms with Gasteiger partial charge in [-0.25, -0.2) is 13.6 Å². The molecule has 176 valence electrons. The predicted molar refractivity (Wildman–Crippen MR) is 118 cm³/mol. The SMILES string of the molecule is O=C(O)NCC[C@H](NC(=O)[C@@H]1Cc2cc(F)ccc2CN1)C(=O)Nc1ccc(Cl)c(Cl)c1F. The molecule has 2 aromatic rings. The van der Waals surface area contributed by atoms with Crippen LogP contribution in [-0.4, -0.2) is 41.6 Å². The third kappa shape index (κ3) is 6.31. The van der Waals surface area contributed by atoms with Crippen LogP contribution in [0.1, 0.15) is 17.5 Å². The minimum atomic E-state index is -1.30. The monoisotopic (exact) mass is 500 g/mol. The molecule has 3 rings (SSSR count). The van der Waals surface area contributed by atoms with Gasteiger partial charge in [0.15, 0.2) is 5.82 Å². The molecule has 1 aliphatic rings. The van der Waals surface area contributed by atoms with E-state index >= 15 is 0 Å². The molecule has 1 aliphatic heterocycles. The Labute approximate surface area is 197 Å². The molecule has 2 atom stereocenters. The average molecular weight is 501 g/mol. The van der Waals surface area contributed by atoms with Gasteiger partial charge in [-0.05, 0) is 48.2 Å². The molecule has 5 N–H and O–H groups in total. The van der Waals surface area contributed by atoms with Crippen LogP contribution in [0.2, 0.25) is 10.0 Å². The van der Waals surface area contributed by atoms with E-state index in [0.717, 1.165) is 5.56 Å². The van der Waals surface area contributed by atoms with E-state index in [2.05, 4.69) is 21.3 Å². The summed E-state index contributed by atoms with van der Waals surface area (Å²) >= 11 is 11.5. The smallest absolute Gasteiger partial charge is 0.404 e. The van der Waals surface area contributed by atoms with Crippen LogP contribution in [-0.2, 0) is 22.6 Å². The number of carboxylic acid groups (broad SMARTS) is 1. The van der Waals surface area contributed by atoms with Gasteiger partial charge in [-0.15, -0.1) is 0 Å². The van der Waals surface area contributed by atoms with E-state index in [1.54, 1.807) is 6.07 Å². The van der Waals surface area contributed by atoms with Crippen LogP contribution in [0.25, 0.3) is 0 Å². The Bertz CT molecular complexity index is 1090. The zero-order valence-corrected chi connectivity index (χ0v) is 18.6. The summed E-state index contributed by atoms with van der Waals surface area (Å²) in [5.74, 6) is -2.70. The van der Waals surface area contributed by atoms with Crippen LogP contribution in [0.4, 0.5) is 19.3 Å². The molecular weight excluding hydrogens is 481 g/mol. The molecule has 0 aliphatic carbocycles. The summed E-state index contributed by atoms with van der Waals surface area (Å²) in [6.45, 7) is 0.184. The largest absolute Gasteiger partial charge is 0.465 e. The van der Waals surface area contributed by atoms with E-state index in [1.165, 1.54) is 24.3 Å². The molecule has 2 aromatic carbocycles. The van der Waals surface area contributed by atoms with Gasteiger partial charge >= 0.3 is 6.09 Å². The third-order valence-electron chi connectivity index (χ3n) is 5.08. The fraction of sp³-hybridized carbons (Fsp3) is 0.286. The number of amides is 3. The summed E-state index contributed by atoms with van der Waals surface area (Å²) in [5.41, 5.74) is 1.27. The lowest BCUT2D eigenvalue weighted by Gasteiger charge is -2.27. The van der Waals surface area contributed by atoms with Crippen molar-refractivity contribution in [3.05, 3.63) is 63.1 Å². The lowest BCUT2D eigenvalue weighted by molar-refractivity contribution is -0.128. The van der Waals surface area contributed by atoms with Crippen LogP contribution < -0.4 is 21.3 Å². The van der Waals surface area contributed by atoms with E-state index < -0.39 is 41.6 Å². The van der Waals surface area contributed by atoms with Crippen molar-refractivity contribution in [1.29, 1.82) is 0 Å². The second-order valence-corrected chi connectivity index (χ2v) is 8.13. The summed E-state index contributed by atoms with van der Waals surface area (Å²) in [5, 5.41) is 18.4. The summed E-state index contributed by atoms with van der Waals surface area (Å²) in [6, 6.07) is 4.88. The lowest BCUT2D eigenvalue weighted by atomic mass is 9.95. The molecule has 8 nitrogen and oxygen atoms in total. The maximum absolute atomic E-state index is 14.3. The molecule has 0 fully saturated rings. The summed E-state index contributed by atoms with van der Waals surface area (Å²) in [7, 11) is 0. The first-order valence-corrected chi connectivity index (χ1v) is 10.6. The van der Waals surface area contributed by atoms with Gasteiger partial charge in [0.25, 0.3) is 0 Å². The first kappa shape index (κ1) is 24.7. The van der Waals surface area contributed by atoms with Crippen molar-refractivity contribution in [2.75, 3.05) is 11.9 Å². The van der Waals surface area contributed by atoms with E-state index in [1.807, 2.05) is 0 Å². The minimum absolute atomic E-state index is 0.0391. The Morgan fingerprint density at radius 3 is 2.64 bits per heavy atom. The van der Waals surface area contributed by atoms with Gasteiger partial charge in [0.05, 0.1) is 21.8 Å². The second-order valence-electron chi connectivity index (χ2n) is 7.34. The Morgan fingerprint density at radius 2 is 1.91 bits per heavy atom. The molecule has 0 saturated carbocycles. The van der Waals surface area contributed by atoms with Gasteiger partial charge in [0.1, 0.15) is 11.9 Å². The molecule has 33 heavy (non-hydrogen) atoms. The molecule has 0 bridgehead atoms. The van der Waals surface area contributed by atoms with E-state index in [4.69, 9.17) is 28.3 Å². The molecule has 1 heterocycles. The first-order valence-electron chi connectivity index (χ1n) is 9.88. The normalized spacial score (nSPS) is 15.8. The van der Waals surface area contributed by atoms with Gasteiger partial charge in [-0.2, -0.15) is 0 Å². The highest BCUT2D eigenvalue weighted by Gasteiger charge is 2.29. The molecule has 0 spiro atoms.